The van der Waals surface area contributed by atoms with Crippen molar-refractivity contribution in [2.45, 2.75) is 37.2 Å². The zero-order chi connectivity index (χ0) is 27.3. The molecule has 1 fully saturated rings. The molecule has 3 aromatic rings. The molecular weight excluding hydrogens is 492 g/mol. The van der Waals surface area contributed by atoms with Crippen molar-refractivity contribution in [3.63, 3.8) is 0 Å². The van der Waals surface area contributed by atoms with Gasteiger partial charge in [-0.2, -0.15) is 0 Å². The van der Waals surface area contributed by atoms with Crippen molar-refractivity contribution in [1.29, 1.82) is 0 Å². The van der Waals surface area contributed by atoms with Gasteiger partial charge in [0.25, 0.3) is 0 Å². The van der Waals surface area contributed by atoms with Crippen LogP contribution < -0.4 is 9.47 Å². The molecule has 1 aromatic heterocycles. The van der Waals surface area contributed by atoms with Crippen LogP contribution in [0.15, 0.2) is 48.7 Å². The highest BCUT2D eigenvalue weighted by molar-refractivity contribution is 6.27. The number of aromatic amines is 1. The summed E-state index contributed by atoms with van der Waals surface area (Å²) in [5.41, 5.74) is 3.03. The Labute approximate surface area is 219 Å². The second kappa shape index (κ2) is 11.7. The fourth-order valence-electron chi connectivity index (χ4n) is 5.37. The van der Waals surface area contributed by atoms with Gasteiger partial charge in [0.1, 0.15) is 30.0 Å². The maximum atomic E-state index is 13.1. The largest absolute Gasteiger partial charge is 0.497 e. The first-order valence-electron chi connectivity index (χ1n) is 12.5. The Balaban J connectivity index is 0.000000505. The van der Waals surface area contributed by atoms with E-state index in [4.69, 9.17) is 29.3 Å². The van der Waals surface area contributed by atoms with E-state index < -0.39 is 23.5 Å². The number of piperidine rings is 1. The molecule has 202 valence electrons. The smallest absolute Gasteiger partial charge is 0.414 e. The third-order valence-electron chi connectivity index (χ3n) is 7.34. The minimum Gasteiger partial charge on any atom is -0.497 e. The Morgan fingerprint density at radius 3 is 2.50 bits per heavy atom. The standard InChI is InChI=1S/C26H30N2O4.C2H2O4/c1-31-20-7-5-18-6-8-25(30)26(22(18)15-20)10-13-28(14-11-26)16-19(29)17-32-24-4-2-3-23-21(24)9-12-27-23;3-1(4)2(5)6/h2-5,7,9,12,15,19,27,29H,6,8,10-11,13-14,16-17H2,1H3;(H,3,4)(H,5,6)/t19-;/m0./s1. The predicted octanol–water partition coefficient (Wildman–Crippen LogP) is 2.62. The van der Waals surface area contributed by atoms with Gasteiger partial charge in [0, 0.05) is 30.1 Å². The number of carboxylic acid groups (broad SMARTS) is 2. The van der Waals surface area contributed by atoms with Gasteiger partial charge in [-0.1, -0.05) is 12.1 Å². The van der Waals surface area contributed by atoms with E-state index in [1.54, 1.807) is 7.11 Å². The first-order valence-corrected chi connectivity index (χ1v) is 12.5. The molecule has 10 heteroatoms. The van der Waals surface area contributed by atoms with Crippen LogP contribution in [0.2, 0.25) is 0 Å². The fraction of sp³-hybridized carbons (Fsp3) is 0.393. The van der Waals surface area contributed by atoms with E-state index in [1.807, 2.05) is 36.5 Å². The topological polar surface area (TPSA) is 149 Å². The summed E-state index contributed by atoms with van der Waals surface area (Å²) in [5.74, 6) is -1.71. The number of carbonyl (C=O) groups excluding carboxylic acids is 1. The van der Waals surface area contributed by atoms with Gasteiger partial charge in [0.05, 0.1) is 12.5 Å². The molecule has 1 spiro atoms. The molecule has 4 N–H and O–H groups in total. The number of ketones is 1. The van der Waals surface area contributed by atoms with Crippen LogP contribution in [-0.2, 0) is 26.2 Å². The van der Waals surface area contributed by atoms with Gasteiger partial charge in [0.2, 0.25) is 0 Å². The first kappa shape index (κ1) is 27.2. The Morgan fingerprint density at radius 2 is 1.82 bits per heavy atom. The number of hydrogen-bond acceptors (Lipinski definition) is 7. The van der Waals surface area contributed by atoms with E-state index in [2.05, 4.69) is 22.0 Å². The van der Waals surface area contributed by atoms with Gasteiger partial charge in [0.15, 0.2) is 0 Å². The highest BCUT2D eigenvalue weighted by Crippen LogP contribution is 2.44. The second-order valence-corrected chi connectivity index (χ2v) is 9.60. The number of β-amino-alcohol motifs (C(OH)–C–C–N with tert-alkyl or cyclic N) is 1. The number of methoxy groups -OCH3 is 1. The maximum absolute atomic E-state index is 13.1. The summed E-state index contributed by atoms with van der Waals surface area (Å²) in [4.78, 5) is 36.7. The zero-order valence-electron chi connectivity index (χ0n) is 21.2. The minimum atomic E-state index is -1.82. The summed E-state index contributed by atoms with van der Waals surface area (Å²) in [6, 6.07) is 14.0. The normalized spacial score (nSPS) is 17.3. The lowest BCUT2D eigenvalue weighted by atomic mass is 9.64. The number of nitrogens with one attached hydrogen (secondary N) is 1. The molecule has 0 unspecified atom stereocenters. The van der Waals surface area contributed by atoms with Crippen LogP contribution in [0.25, 0.3) is 10.9 Å². The SMILES string of the molecule is COc1ccc2c(c1)C1(CCN(C[C@H](O)COc3cccc4[nH]ccc34)CC1)C(=O)CC2.O=C(O)C(=O)O. The summed E-state index contributed by atoms with van der Waals surface area (Å²) in [5, 5.41) is 26.4. The number of ether oxygens (including phenoxy) is 2. The molecule has 10 nitrogen and oxygen atoms in total. The molecule has 1 aliphatic heterocycles. The zero-order valence-corrected chi connectivity index (χ0v) is 21.2. The molecular formula is C28H32N2O8. The average molecular weight is 525 g/mol. The van der Waals surface area contributed by atoms with Crippen molar-refractivity contribution in [2.24, 2.45) is 0 Å². The molecule has 0 bridgehead atoms. The number of hydrogen-bond donors (Lipinski definition) is 4. The highest BCUT2D eigenvalue weighted by atomic mass is 16.5. The molecule has 0 radical (unpaired) electrons. The van der Waals surface area contributed by atoms with Crippen molar-refractivity contribution in [3.8, 4) is 11.5 Å². The van der Waals surface area contributed by atoms with E-state index in [0.29, 0.717) is 18.7 Å². The molecule has 1 saturated heterocycles. The van der Waals surface area contributed by atoms with Gasteiger partial charge in [-0.15, -0.1) is 0 Å². The number of Topliss-reactive ketones (excluding diaryl/α,β-unsaturated/α-hetero) is 1. The monoisotopic (exact) mass is 524 g/mol. The molecule has 0 amide bonds. The number of carboxylic acids is 2. The Bertz CT molecular complexity index is 1300. The molecule has 2 heterocycles. The lowest BCUT2D eigenvalue weighted by molar-refractivity contribution is -0.159. The number of rotatable bonds is 6. The molecule has 0 saturated carbocycles. The van der Waals surface area contributed by atoms with Crippen LogP contribution in [0, 0.1) is 0 Å². The Kier molecular flexibility index (Phi) is 8.33. The summed E-state index contributed by atoms with van der Waals surface area (Å²) in [7, 11) is 1.67. The number of aliphatic hydroxyl groups is 1. The third-order valence-corrected chi connectivity index (χ3v) is 7.34. The van der Waals surface area contributed by atoms with Gasteiger partial charge in [-0.25, -0.2) is 9.59 Å². The summed E-state index contributed by atoms with van der Waals surface area (Å²) in [6.45, 7) is 2.35. The van der Waals surface area contributed by atoms with E-state index in [9.17, 15) is 9.90 Å². The van der Waals surface area contributed by atoms with Gasteiger partial charge >= 0.3 is 11.9 Å². The third kappa shape index (κ3) is 5.81. The van der Waals surface area contributed by atoms with E-state index in [1.165, 1.54) is 5.56 Å². The number of aromatic nitrogens is 1. The Morgan fingerprint density at radius 1 is 1.08 bits per heavy atom. The lowest BCUT2D eigenvalue weighted by Gasteiger charge is -2.44. The average Bonchev–Trinajstić information content (AvgIpc) is 3.40. The molecule has 1 aliphatic carbocycles. The van der Waals surface area contributed by atoms with Crippen LogP contribution >= 0.6 is 0 Å². The highest BCUT2D eigenvalue weighted by Gasteiger charge is 2.45. The van der Waals surface area contributed by atoms with Crippen LogP contribution in [0.3, 0.4) is 0 Å². The minimum absolute atomic E-state index is 0.241. The molecule has 1 atom stereocenters. The van der Waals surface area contributed by atoms with Crippen molar-refractivity contribution >= 4 is 28.6 Å². The number of carbonyl (C=O) groups is 3. The van der Waals surface area contributed by atoms with E-state index >= 15 is 0 Å². The van der Waals surface area contributed by atoms with Crippen LogP contribution in [0.1, 0.15) is 30.4 Å². The molecule has 5 rings (SSSR count). The number of aryl methyl sites for hydroxylation is 1. The van der Waals surface area contributed by atoms with Gasteiger partial charge < -0.3 is 34.7 Å². The number of fused-ring (bicyclic) bond motifs is 3. The fourth-order valence-corrected chi connectivity index (χ4v) is 5.37. The summed E-state index contributed by atoms with van der Waals surface area (Å²) in [6.07, 6.45) is 4.28. The van der Waals surface area contributed by atoms with Crippen LogP contribution in [0.4, 0.5) is 0 Å². The summed E-state index contributed by atoms with van der Waals surface area (Å²) >= 11 is 0. The van der Waals surface area contributed by atoms with Crippen molar-refractivity contribution < 1.29 is 39.2 Å². The molecule has 38 heavy (non-hydrogen) atoms. The second-order valence-electron chi connectivity index (χ2n) is 9.60. The lowest BCUT2D eigenvalue weighted by Crippen LogP contribution is -2.51. The number of aliphatic carboxylic acids is 2. The van der Waals surface area contributed by atoms with E-state index in [0.717, 1.165) is 60.3 Å². The van der Waals surface area contributed by atoms with Gasteiger partial charge in [-0.05, 0) is 73.8 Å². The van der Waals surface area contributed by atoms with Crippen molar-refractivity contribution in [3.05, 3.63) is 59.8 Å². The van der Waals surface area contributed by atoms with Gasteiger partial charge in [-0.3, -0.25) is 4.79 Å². The summed E-state index contributed by atoms with van der Waals surface area (Å²) < 4.78 is 11.4. The van der Waals surface area contributed by atoms with E-state index in [-0.39, 0.29) is 6.61 Å². The number of benzene rings is 2. The Hall–Kier alpha value is -3.89. The van der Waals surface area contributed by atoms with Crippen molar-refractivity contribution in [1.82, 2.24) is 9.88 Å². The molecule has 2 aromatic carbocycles. The van der Waals surface area contributed by atoms with Crippen LogP contribution in [-0.4, -0.2) is 82.4 Å². The predicted molar refractivity (Wildman–Crippen MR) is 139 cm³/mol. The number of nitrogens with zero attached hydrogens (tertiary/aromatic N) is 1. The number of aliphatic hydroxyl groups excluding tert-OH is 1. The quantitative estimate of drug-likeness (QED) is 0.357. The van der Waals surface area contributed by atoms with Crippen molar-refractivity contribution in [2.75, 3.05) is 33.4 Å². The maximum Gasteiger partial charge on any atom is 0.414 e. The number of likely N-dealkylation sites (tertiary alicyclic amines) is 1. The first-order chi connectivity index (χ1) is 18.2. The molecule has 2 aliphatic rings. The van der Waals surface area contributed by atoms with Crippen LogP contribution in [0.5, 0.6) is 11.5 Å². The number of H-pyrrole nitrogens is 1.